The van der Waals surface area contributed by atoms with Crippen molar-refractivity contribution in [1.82, 2.24) is 0 Å². The van der Waals surface area contributed by atoms with E-state index in [0.29, 0.717) is 45.5 Å². The van der Waals surface area contributed by atoms with Gasteiger partial charge in [0.25, 0.3) is 16.6 Å². The Morgan fingerprint density at radius 2 is 0.983 bits per heavy atom. The molecule has 2 atom stereocenters. The van der Waals surface area contributed by atoms with Gasteiger partial charge in [0.1, 0.15) is 12.0 Å². The van der Waals surface area contributed by atoms with Crippen molar-refractivity contribution in [2.24, 2.45) is 0 Å². The summed E-state index contributed by atoms with van der Waals surface area (Å²) >= 11 is 0. The van der Waals surface area contributed by atoms with Gasteiger partial charge in [-0.2, -0.15) is 0 Å². The van der Waals surface area contributed by atoms with E-state index in [1.807, 2.05) is 48.5 Å². The SMILES string of the molecule is C=CC[C@@H](O)CCO[Si](c1ccccc1)(c1ccccc1)C(C)(C)C.COc1ccc(CO[C@H](CC=O)CCO[Si](c2ccccc2)(c2ccccc2)C(C)(C)C)cc1. The van der Waals surface area contributed by atoms with E-state index < -0.39 is 22.7 Å². The maximum absolute atomic E-state index is 11.3. The molecule has 6 nitrogen and oxygen atoms in total. The Morgan fingerprint density at radius 3 is 1.32 bits per heavy atom. The van der Waals surface area contributed by atoms with E-state index in [1.54, 1.807) is 13.2 Å². The van der Waals surface area contributed by atoms with Gasteiger partial charge >= 0.3 is 0 Å². The summed E-state index contributed by atoms with van der Waals surface area (Å²) in [6.45, 7) is 18.8. The third kappa shape index (κ3) is 12.6. The number of aliphatic hydroxyl groups is 1. The van der Waals surface area contributed by atoms with Gasteiger partial charge in [0.15, 0.2) is 0 Å². The Labute approximate surface area is 356 Å². The average molecular weight is 831 g/mol. The van der Waals surface area contributed by atoms with Gasteiger partial charge in [-0.05, 0) is 67.8 Å². The highest BCUT2D eigenvalue weighted by Gasteiger charge is 2.51. The molecule has 0 saturated heterocycles. The van der Waals surface area contributed by atoms with E-state index >= 15 is 0 Å². The van der Waals surface area contributed by atoms with E-state index in [2.05, 4.69) is 145 Å². The largest absolute Gasteiger partial charge is 0.497 e. The first-order chi connectivity index (χ1) is 28.3. The van der Waals surface area contributed by atoms with Gasteiger partial charge in [0, 0.05) is 19.6 Å². The highest BCUT2D eigenvalue weighted by Crippen LogP contribution is 2.38. The van der Waals surface area contributed by atoms with Crippen LogP contribution in [-0.2, 0) is 25.0 Å². The fourth-order valence-corrected chi connectivity index (χ4v) is 17.0. The van der Waals surface area contributed by atoms with Crippen LogP contribution in [-0.4, -0.2) is 60.6 Å². The molecule has 0 unspecified atom stereocenters. The van der Waals surface area contributed by atoms with Crippen LogP contribution >= 0.6 is 0 Å². The summed E-state index contributed by atoms with van der Waals surface area (Å²) in [5, 5.41) is 15.0. The van der Waals surface area contributed by atoms with Crippen molar-refractivity contribution < 1.29 is 28.2 Å². The van der Waals surface area contributed by atoms with Crippen LogP contribution in [0.25, 0.3) is 0 Å². The lowest BCUT2D eigenvalue weighted by Crippen LogP contribution is -2.66. The molecule has 0 saturated carbocycles. The lowest BCUT2D eigenvalue weighted by Gasteiger charge is -2.43. The van der Waals surface area contributed by atoms with Crippen molar-refractivity contribution >= 4 is 43.7 Å². The first-order valence-electron chi connectivity index (χ1n) is 20.8. The summed E-state index contributed by atoms with van der Waals surface area (Å²) in [6, 6.07) is 50.2. The molecule has 0 bridgehead atoms. The van der Waals surface area contributed by atoms with Gasteiger partial charge in [0.2, 0.25) is 0 Å². The van der Waals surface area contributed by atoms with Crippen molar-refractivity contribution in [3.63, 3.8) is 0 Å². The zero-order valence-electron chi connectivity index (χ0n) is 36.3. The standard InChI is InChI=1S/C29H36O4Si.C22H30O2Si/c1-29(2,3)34(27-11-7-5-8-12-27,28-13-9-6-10-14-28)33-22-20-26(19-21-30)32-23-24-15-17-25(31-4)18-16-24;1-5-12-19(23)17-18-24-25(22(2,3)4,20-13-8-6-9-14-20)21-15-10-7-11-16-21/h5-18,21,26H,19-20,22-23H2,1-4H3;5-11,13-16,19,23H,1,12,17-18H2,2-4H3/t26-;19-/m11/s1. The number of aldehydes is 1. The van der Waals surface area contributed by atoms with Crippen molar-refractivity contribution in [3.8, 4) is 5.75 Å². The fraction of sp³-hybridized carbons (Fsp3) is 0.353. The van der Waals surface area contributed by atoms with Gasteiger partial charge in [-0.3, -0.25) is 0 Å². The van der Waals surface area contributed by atoms with Crippen molar-refractivity contribution in [1.29, 1.82) is 0 Å². The Morgan fingerprint density at radius 1 is 0.593 bits per heavy atom. The topological polar surface area (TPSA) is 74.2 Å². The Hall–Kier alpha value is -4.42. The number of rotatable bonds is 20. The lowest BCUT2D eigenvalue weighted by atomic mass is 10.2. The molecular formula is C51H66O6Si2. The monoisotopic (exact) mass is 830 g/mol. The number of carbonyl (C=O) groups excluding carboxylic acids is 1. The number of methoxy groups -OCH3 is 1. The second-order valence-electron chi connectivity index (χ2n) is 17.0. The van der Waals surface area contributed by atoms with E-state index in [9.17, 15) is 9.90 Å². The predicted molar refractivity (Wildman–Crippen MR) is 249 cm³/mol. The second kappa shape index (κ2) is 22.8. The van der Waals surface area contributed by atoms with Crippen LogP contribution in [0.4, 0.5) is 0 Å². The van der Waals surface area contributed by atoms with E-state index in [4.69, 9.17) is 18.3 Å². The zero-order chi connectivity index (χ0) is 42.8. The molecular weight excluding hydrogens is 765 g/mol. The third-order valence-corrected chi connectivity index (χ3v) is 20.9. The summed E-state index contributed by atoms with van der Waals surface area (Å²) < 4.78 is 25.0. The molecule has 5 aromatic carbocycles. The number of hydrogen-bond donors (Lipinski definition) is 1. The third-order valence-electron chi connectivity index (χ3n) is 10.8. The summed E-state index contributed by atoms with van der Waals surface area (Å²) in [7, 11) is -3.42. The van der Waals surface area contributed by atoms with Crippen LogP contribution in [0.1, 0.15) is 72.8 Å². The average Bonchev–Trinajstić information content (AvgIpc) is 3.24. The van der Waals surface area contributed by atoms with Crippen LogP contribution in [0.3, 0.4) is 0 Å². The lowest BCUT2D eigenvalue weighted by molar-refractivity contribution is -0.111. The molecule has 0 aromatic heterocycles. The Balaban J connectivity index is 0.000000273. The van der Waals surface area contributed by atoms with Crippen molar-refractivity contribution in [2.45, 2.75) is 96.1 Å². The van der Waals surface area contributed by atoms with Crippen molar-refractivity contribution in [2.75, 3.05) is 20.3 Å². The van der Waals surface area contributed by atoms with Gasteiger partial charge in [-0.1, -0.05) is 181 Å². The molecule has 5 rings (SSSR count). The molecule has 1 N–H and O–H groups in total. The predicted octanol–water partition coefficient (Wildman–Crippen LogP) is 9.03. The van der Waals surface area contributed by atoms with Crippen LogP contribution in [0.5, 0.6) is 5.75 Å². The molecule has 0 aliphatic rings. The van der Waals surface area contributed by atoms with Gasteiger partial charge in [-0.15, -0.1) is 6.58 Å². The molecule has 0 spiro atoms. The molecule has 0 aliphatic heterocycles. The molecule has 5 aromatic rings. The minimum atomic E-state index is -2.59. The molecule has 0 amide bonds. The summed E-state index contributed by atoms with van der Waals surface area (Å²) in [4.78, 5) is 11.3. The van der Waals surface area contributed by atoms with E-state index in [0.717, 1.165) is 17.6 Å². The zero-order valence-corrected chi connectivity index (χ0v) is 38.3. The van der Waals surface area contributed by atoms with Gasteiger partial charge < -0.3 is 28.2 Å². The molecule has 8 heteroatoms. The minimum absolute atomic E-state index is 0.0287. The summed E-state index contributed by atoms with van der Waals surface area (Å²) in [5.74, 6) is 0.812. The van der Waals surface area contributed by atoms with Gasteiger partial charge in [-0.25, -0.2) is 0 Å². The van der Waals surface area contributed by atoms with E-state index in [1.165, 1.54) is 20.7 Å². The molecule has 0 aliphatic carbocycles. The fourth-order valence-electron chi connectivity index (χ4n) is 7.84. The summed E-state index contributed by atoms with van der Waals surface area (Å²) in [6.07, 6.45) is 4.32. The van der Waals surface area contributed by atoms with Crippen LogP contribution < -0.4 is 25.5 Å². The van der Waals surface area contributed by atoms with Crippen LogP contribution in [0.15, 0.2) is 158 Å². The van der Waals surface area contributed by atoms with Crippen molar-refractivity contribution in [3.05, 3.63) is 164 Å². The number of ether oxygens (including phenoxy) is 2. The molecule has 0 radical (unpaired) electrons. The Bertz CT molecular complexity index is 1850. The van der Waals surface area contributed by atoms with Crippen LogP contribution in [0.2, 0.25) is 10.1 Å². The van der Waals surface area contributed by atoms with Crippen LogP contribution in [0, 0.1) is 0 Å². The first kappa shape index (κ1) is 47.3. The van der Waals surface area contributed by atoms with Gasteiger partial charge in [0.05, 0.1) is 25.9 Å². The molecule has 59 heavy (non-hydrogen) atoms. The van der Waals surface area contributed by atoms with E-state index in [-0.39, 0.29) is 16.2 Å². The first-order valence-corrected chi connectivity index (χ1v) is 24.6. The number of aliphatic hydroxyl groups excluding tert-OH is 1. The molecule has 0 fully saturated rings. The maximum Gasteiger partial charge on any atom is 0.261 e. The second-order valence-corrected chi connectivity index (χ2v) is 25.6. The maximum atomic E-state index is 11.3. The molecule has 314 valence electrons. The minimum Gasteiger partial charge on any atom is -0.497 e. The molecule has 0 heterocycles. The highest BCUT2D eigenvalue weighted by molar-refractivity contribution is 7.00. The summed E-state index contributed by atoms with van der Waals surface area (Å²) in [5.41, 5.74) is 1.05. The number of hydrogen-bond acceptors (Lipinski definition) is 6. The normalized spacial score (nSPS) is 13.1. The number of benzene rings is 5. The quantitative estimate of drug-likeness (QED) is 0.0480. The Kier molecular flexibility index (Phi) is 18.3. The number of carbonyl (C=O) groups is 1. The smallest absolute Gasteiger partial charge is 0.261 e. The highest BCUT2D eigenvalue weighted by atomic mass is 28.4.